The number of piperazine rings is 1. The number of nitrogens with zero attached hydrogens (tertiary/aromatic N) is 3. The lowest BCUT2D eigenvalue weighted by Gasteiger charge is -2.32. The molecule has 17 heavy (non-hydrogen) atoms. The van der Waals surface area contributed by atoms with Crippen LogP contribution in [0.15, 0.2) is 23.1 Å². The van der Waals surface area contributed by atoms with Gasteiger partial charge in [-0.1, -0.05) is 0 Å². The van der Waals surface area contributed by atoms with Crippen LogP contribution in [0.5, 0.6) is 0 Å². The molecule has 2 rings (SSSR count). The SMILES string of the molecule is CN1CCN(C(=O)c2ccc(=O)n(C)c2)CC1. The highest BCUT2D eigenvalue weighted by molar-refractivity contribution is 5.94. The number of aryl methyl sites for hydroxylation is 1. The Balaban J connectivity index is 2.14. The zero-order valence-corrected chi connectivity index (χ0v) is 10.2. The van der Waals surface area contributed by atoms with Gasteiger partial charge in [-0.15, -0.1) is 0 Å². The molecule has 0 spiro atoms. The largest absolute Gasteiger partial charge is 0.336 e. The molecule has 0 atom stereocenters. The third kappa shape index (κ3) is 2.55. The van der Waals surface area contributed by atoms with Gasteiger partial charge in [-0.2, -0.15) is 0 Å². The average Bonchev–Trinajstić information content (AvgIpc) is 2.33. The van der Waals surface area contributed by atoms with E-state index in [-0.39, 0.29) is 11.5 Å². The molecule has 1 aliphatic heterocycles. The summed E-state index contributed by atoms with van der Waals surface area (Å²) in [5, 5.41) is 0. The van der Waals surface area contributed by atoms with Gasteiger partial charge in [0, 0.05) is 45.5 Å². The van der Waals surface area contributed by atoms with Crippen LogP contribution in [-0.2, 0) is 7.05 Å². The first-order valence-corrected chi connectivity index (χ1v) is 5.72. The van der Waals surface area contributed by atoms with Crippen molar-refractivity contribution in [3.8, 4) is 0 Å². The summed E-state index contributed by atoms with van der Waals surface area (Å²) < 4.78 is 1.43. The molecule has 5 nitrogen and oxygen atoms in total. The molecule has 1 aromatic heterocycles. The molecule has 2 heterocycles. The average molecular weight is 235 g/mol. The quantitative estimate of drug-likeness (QED) is 0.675. The van der Waals surface area contributed by atoms with E-state index in [1.807, 2.05) is 11.9 Å². The number of amides is 1. The van der Waals surface area contributed by atoms with E-state index in [0.717, 1.165) is 26.2 Å². The van der Waals surface area contributed by atoms with Crippen LogP contribution in [0.1, 0.15) is 10.4 Å². The van der Waals surface area contributed by atoms with Gasteiger partial charge in [0.25, 0.3) is 5.91 Å². The Bertz CT molecular complexity index is 473. The van der Waals surface area contributed by atoms with Crippen LogP contribution in [0.25, 0.3) is 0 Å². The Kier molecular flexibility index (Phi) is 3.28. The van der Waals surface area contributed by atoms with Gasteiger partial charge in [-0.05, 0) is 13.1 Å². The molecule has 5 heteroatoms. The molecular formula is C12H17N3O2. The van der Waals surface area contributed by atoms with E-state index in [9.17, 15) is 9.59 Å². The Morgan fingerprint density at radius 1 is 1.12 bits per heavy atom. The van der Waals surface area contributed by atoms with E-state index in [1.165, 1.54) is 10.6 Å². The molecule has 0 unspecified atom stereocenters. The van der Waals surface area contributed by atoms with Crippen molar-refractivity contribution in [2.24, 2.45) is 7.05 Å². The first-order valence-electron chi connectivity index (χ1n) is 5.72. The van der Waals surface area contributed by atoms with E-state index in [4.69, 9.17) is 0 Å². The normalized spacial score (nSPS) is 17.2. The number of carbonyl (C=O) groups excluding carboxylic acids is 1. The van der Waals surface area contributed by atoms with Gasteiger partial charge in [0.2, 0.25) is 5.56 Å². The lowest BCUT2D eigenvalue weighted by Crippen LogP contribution is -2.47. The second-order valence-electron chi connectivity index (χ2n) is 4.46. The van der Waals surface area contributed by atoms with Gasteiger partial charge in [0.1, 0.15) is 0 Å². The monoisotopic (exact) mass is 235 g/mol. The Morgan fingerprint density at radius 2 is 1.76 bits per heavy atom. The van der Waals surface area contributed by atoms with E-state index < -0.39 is 0 Å². The number of likely N-dealkylation sites (N-methyl/N-ethyl adjacent to an activating group) is 1. The topological polar surface area (TPSA) is 45.6 Å². The van der Waals surface area contributed by atoms with Crippen LogP contribution in [-0.4, -0.2) is 53.5 Å². The molecule has 0 aromatic carbocycles. The minimum atomic E-state index is -0.0973. The molecule has 0 aliphatic carbocycles. The number of rotatable bonds is 1. The van der Waals surface area contributed by atoms with Crippen molar-refractivity contribution in [3.63, 3.8) is 0 Å². The molecule has 1 aromatic rings. The van der Waals surface area contributed by atoms with Crippen molar-refractivity contribution < 1.29 is 4.79 Å². The van der Waals surface area contributed by atoms with Crippen molar-refractivity contribution in [2.75, 3.05) is 33.2 Å². The number of aromatic nitrogens is 1. The molecule has 0 bridgehead atoms. The first kappa shape index (κ1) is 11.9. The Hall–Kier alpha value is -1.62. The summed E-state index contributed by atoms with van der Waals surface area (Å²) in [5.41, 5.74) is 0.483. The Morgan fingerprint density at radius 3 is 2.35 bits per heavy atom. The van der Waals surface area contributed by atoms with Crippen LogP contribution in [0.3, 0.4) is 0 Å². The third-order valence-corrected chi connectivity index (χ3v) is 3.12. The summed E-state index contributed by atoms with van der Waals surface area (Å²) in [6, 6.07) is 3.03. The summed E-state index contributed by atoms with van der Waals surface area (Å²) in [7, 11) is 3.71. The molecule has 1 saturated heterocycles. The van der Waals surface area contributed by atoms with Crippen LogP contribution >= 0.6 is 0 Å². The van der Waals surface area contributed by atoms with Crippen molar-refractivity contribution in [1.82, 2.24) is 14.4 Å². The number of carbonyl (C=O) groups is 1. The smallest absolute Gasteiger partial charge is 0.255 e. The lowest BCUT2D eigenvalue weighted by atomic mass is 10.2. The molecule has 0 radical (unpaired) electrons. The molecule has 92 valence electrons. The number of hydrogen-bond donors (Lipinski definition) is 0. The van der Waals surface area contributed by atoms with Crippen LogP contribution in [0, 0.1) is 0 Å². The highest BCUT2D eigenvalue weighted by Gasteiger charge is 2.20. The van der Waals surface area contributed by atoms with E-state index in [2.05, 4.69) is 4.90 Å². The van der Waals surface area contributed by atoms with Gasteiger partial charge in [0.05, 0.1) is 5.56 Å². The molecule has 0 N–H and O–H groups in total. The summed E-state index contributed by atoms with van der Waals surface area (Å²) in [4.78, 5) is 27.4. The maximum absolute atomic E-state index is 12.2. The van der Waals surface area contributed by atoms with Crippen molar-refractivity contribution in [2.45, 2.75) is 0 Å². The fraction of sp³-hybridized carbons (Fsp3) is 0.500. The van der Waals surface area contributed by atoms with Crippen LogP contribution in [0.4, 0.5) is 0 Å². The third-order valence-electron chi connectivity index (χ3n) is 3.12. The minimum Gasteiger partial charge on any atom is -0.336 e. The molecular weight excluding hydrogens is 218 g/mol. The molecule has 0 saturated carbocycles. The second kappa shape index (κ2) is 4.71. The van der Waals surface area contributed by atoms with Gasteiger partial charge >= 0.3 is 0 Å². The molecule has 1 amide bonds. The second-order valence-corrected chi connectivity index (χ2v) is 4.46. The van der Waals surface area contributed by atoms with E-state index >= 15 is 0 Å². The van der Waals surface area contributed by atoms with Crippen molar-refractivity contribution >= 4 is 5.91 Å². The van der Waals surface area contributed by atoms with Crippen LogP contribution in [0.2, 0.25) is 0 Å². The van der Waals surface area contributed by atoms with Gasteiger partial charge in [-0.3, -0.25) is 9.59 Å². The predicted octanol–water partition coefficient (Wildman–Crippen LogP) is -0.227. The Labute approximate surface area is 100 Å². The van der Waals surface area contributed by atoms with Gasteiger partial charge < -0.3 is 14.4 Å². The first-order chi connectivity index (χ1) is 8.08. The minimum absolute atomic E-state index is 0.00806. The molecule has 1 aliphatic rings. The van der Waals surface area contributed by atoms with E-state index in [0.29, 0.717) is 5.56 Å². The number of pyridine rings is 1. The van der Waals surface area contributed by atoms with Crippen LogP contribution < -0.4 is 5.56 Å². The lowest BCUT2D eigenvalue weighted by molar-refractivity contribution is 0.0663. The van der Waals surface area contributed by atoms with Crippen molar-refractivity contribution in [1.29, 1.82) is 0 Å². The number of hydrogen-bond acceptors (Lipinski definition) is 3. The summed E-state index contributed by atoms with van der Waals surface area (Å²) in [6.45, 7) is 3.30. The van der Waals surface area contributed by atoms with Crippen molar-refractivity contribution in [3.05, 3.63) is 34.2 Å². The van der Waals surface area contributed by atoms with Gasteiger partial charge in [-0.25, -0.2) is 0 Å². The highest BCUT2D eigenvalue weighted by Crippen LogP contribution is 2.06. The maximum atomic E-state index is 12.2. The van der Waals surface area contributed by atoms with E-state index in [1.54, 1.807) is 19.3 Å². The fourth-order valence-electron chi connectivity index (χ4n) is 1.91. The zero-order valence-electron chi connectivity index (χ0n) is 10.2. The maximum Gasteiger partial charge on any atom is 0.255 e. The zero-order chi connectivity index (χ0) is 12.4. The van der Waals surface area contributed by atoms with Gasteiger partial charge in [0.15, 0.2) is 0 Å². The fourth-order valence-corrected chi connectivity index (χ4v) is 1.91. The summed E-state index contributed by atoms with van der Waals surface area (Å²) >= 11 is 0. The summed E-state index contributed by atoms with van der Waals surface area (Å²) in [6.07, 6.45) is 1.60. The standard InChI is InChI=1S/C12H17N3O2/c1-13-5-7-15(8-6-13)12(17)10-3-4-11(16)14(2)9-10/h3-4,9H,5-8H2,1-2H3. The highest BCUT2D eigenvalue weighted by atomic mass is 16.2. The summed E-state index contributed by atoms with van der Waals surface area (Å²) in [5.74, 6) is 0.00806. The molecule has 1 fully saturated rings. The predicted molar refractivity (Wildman–Crippen MR) is 65.1 cm³/mol.